The lowest BCUT2D eigenvalue weighted by Gasteiger charge is -2.22. The van der Waals surface area contributed by atoms with Gasteiger partial charge in [-0.15, -0.1) is 11.3 Å². The van der Waals surface area contributed by atoms with E-state index in [1.165, 1.54) is 10.4 Å². The van der Waals surface area contributed by atoms with Crippen LogP contribution in [-0.2, 0) is 5.60 Å². The highest BCUT2D eigenvalue weighted by molar-refractivity contribution is 7.10. The fraction of sp³-hybridized carbons (Fsp3) is 0.636. The third-order valence-electron chi connectivity index (χ3n) is 3.10. The lowest BCUT2D eigenvalue weighted by atomic mass is 9.92. The van der Waals surface area contributed by atoms with E-state index >= 15 is 0 Å². The van der Waals surface area contributed by atoms with E-state index in [1.807, 2.05) is 0 Å². The van der Waals surface area contributed by atoms with E-state index in [4.69, 9.17) is 0 Å². The summed E-state index contributed by atoms with van der Waals surface area (Å²) in [5.74, 6) is 0.671. The molecule has 2 heteroatoms. The van der Waals surface area contributed by atoms with Crippen molar-refractivity contribution in [2.24, 2.45) is 5.92 Å². The molecule has 1 aliphatic rings. The first kappa shape index (κ1) is 9.22. The van der Waals surface area contributed by atoms with Crippen molar-refractivity contribution in [3.05, 3.63) is 21.9 Å². The van der Waals surface area contributed by atoms with Gasteiger partial charge in [-0.05, 0) is 49.1 Å². The Morgan fingerprint density at radius 2 is 2.38 bits per heavy atom. The van der Waals surface area contributed by atoms with Gasteiger partial charge in [0.1, 0.15) is 0 Å². The van der Waals surface area contributed by atoms with Gasteiger partial charge in [-0.25, -0.2) is 0 Å². The molecule has 0 aliphatic heterocycles. The SMILES string of the molecule is Cc1sccc1C1(O)CCC(C)C1. The van der Waals surface area contributed by atoms with Crippen LogP contribution in [-0.4, -0.2) is 5.11 Å². The van der Waals surface area contributed by atoms with Crippen LogP contribution in [0.25, 0.3) is 0 Å². The van der Waals surface area contributed by atoms with Crippen LogP contribution < -0.4 is 0 Å². The summed E-state index contributed by atoms with van der Waals surface area (Å²) in [6.45, 7) is 4.32. The van der Waals surface area contributed by atoms with Crippen molar-refractivity contribution in [1.82, 2.24) is 0 Å². The van der Waals surface area contributed by atoms with Crippen molar-refractivity contribution >= 4 is 11.3 Å². The first-order valence-electron chi connectivity index (χ1n) is 4.89. The minimum atomic E-state index is -0.510. The molecule has 0 spiro atoms. The predicted molar refractivity (Wildman–Crippen MR) is 56.0 cm³/mol. The summed E-state index contributed by atoms with van der Waals surface area (Å²) in [5.41, 5.74) is 0.658. The summed E-state index contributed by atoms with van der Waals surface area (Å²) < 4.78 is 0. The molecule has 1 saturated carbocycles. The van der Waals surface area contributed by atoms with Crippen LogP contribution in [0.1, 0.15) is 36.6 Å². The summed E-state index contributed by atoms with van der Waals surface area (Å²) in [7, 11) is 0. The second kappa shape index (κ2) is 3.10. The summed E-state index contributed by atoms with van der Waals surface area (Å²) in [6, 6.07) is 2.08. The molecule has 1 aliphatic carbocycles. The van der Waals surface area contributed by atoms with Crippen molar-refractivity contribution < 1.29 is 5.11 Å². The molecule has 1 nitrogen and oxygen atoms in total. The maximum atomic E-state index is 10.4. The average Bonchev–Trinajstić information content (AvgIpc) is 2.59. The molecular weight excluding hydrogens is 180 g/mol. The molecular formula is C11H16OS. The molecule has 2 rings (SSSR count). The molecule has 1 aromatic heterocycles. The van der Waals surface area contributed by atoms with Crippen molar-refractivity contribution in [3.63, 3.8) is 0 Å². The van der Waals surface area contributed by atoms with Crippen LogP contribution in [0, 0.1) is 12.8 Å². The van der Waals surface area contributed by atoms with Crippen LogP contribution in [0.3, 0.4) is 0 Å². The lowest BCUT2D eigenvalue weighted by molar-refractivity contribution is 0.0407. The van der Waals surface area contributed by atoms with Gasteiger partial charge in [0, 0.05) is 4.88 Å². The maximum Gasteiger partial charge on any atom is 0.0909 e. The number of rotatable bonds is 1. The molecule has 0 aromatic carbocycles. The molecule has 1 N–H and O–H groups in total. The van der Waals surface area contributed by atoms with E-state index in [0.717, 1.165) is 19.3 Å². The van der Waals surface area contributed by atoms with Crippen molar-refractivity contribution in [3.8, 4) is 0 Å². The molecule has 0 bridgehead atoms. The van der Waals surface area contributed by atoms with E-state index in [2.05, 4.69) is 25.3 Å². The Labute approximate surface area is 83.4 Å². The fourth-order valence-corrected chi connectivity index (χ4v) is 3.17. The van der Waals surface area contributed by atoms with Gasteiger partial charge in [-0.3, -0.25) is 0 Å². The van der Waals surface area contributed by atoms with Crippen LogP contribution in [0.15, 0.2) is 11.4 Å². The van der Waals surface area contributed by atoms with Crippen LogP contribution >= 0.6 is 11.3 Å². The highest BCUT2D eigenvalue weighted by atomic mass is 32.1. The summed E-state index contributed by atoms with van der Waals surface area (Å²) in [4.78, 5) is 1.27. The number of hydrogen-bond donors (Lipinski definition) is 1. The lowest BCUT2D eigenvalue weighted by Crippen LogP contribution is -2.21. The Kier molecular flexibility index (Phi) is 2.20. The Bertz CT molecular complexity index is 305. The van der Waals surface area contributed by atoms with Gasteiger partial charge in [0.25, 0.3) is 0 Å². The molecule has 0 radical (unpaired) electrons. The van der Waals surface area contributed by atoms with E-state index in [0.29, 0.717) is 5.92 Å². The van der Waals surface area contributed by atoms with Crippen LogP contribution in [0.4, 0.5) is 0 Å². The van der Waals surface area contributed by atoms with E-state index in [1.54, 1.807) is 11.3 Å². The Hall–Kier alpha value is -0.340. The standard InChI is InChI=1S/C11H16OS/c1-8-3-5-11(12,7-8)10-4-6-13-9(10)2/h4,6,8,12H,3,5,7H2,1-2H3. The largest absolute Gasteiger partial charge is 0.385 e. The first-order valence-corrected chi connectivity index (χ1v) is 5.77. The highest BCUT2D eigenvalue weighted by Crippen LogP contribution is 2.43. The molecule has 2 unspecified atom stereocenters. The monoisotopic (exact) mass is 196 g/mol. The minimum absolute atomic E-state index is 0.510. The van der Waals surface area contributed by atoms with Gasteiger partial charge in [0.2, 0.25) is 0 Å². The molecule has 0 saturated heterocycles. The smallest absolute Gasteiger partial charge is 0.0909 e. The van der Waals surface area contributed by atoms with Crippen molar-refractivity contribution in [1.29, 1.82) is 0 Å². The first-order chi connectivity index (χ1) is 6.12. The summed E-state index contributed by atoms with van der Waals surface area (Å²) in [6.07, 6.45) is 3.03. The molecule has 1 fully saturated rings. The van der Waals surface area contributed by atoms with Gasteiger partial charge < -0.3 is 5.11 Å². The molecule has 0 amide bonds. The second-order valence-corrected chi connectivity index (χ2v) is 5.39. The maximum absolute atomic E-state index is 10.4. The Morgan fingerprint density at radius 3 is 2.85 bits per heavy atom. The van der Waals surface area contributed by atoms with Crippen LogP contribution in [0.2, 0.25) is 0 Å². The predicted octanol–water partition coefficient (Wildman–Crippen LogP) is 3.06. The fourth-order valence-electron chi connectivity index (χ4n) is 2.38. The van der Waals surface area contributed by atoms with Gasteiger partial charge in [-0.1, -0.05) is 6.92 Å². The molecule has 1 heterocycles. The minimum Gasteiger partial charge on any atom is -0.385 e. The number of thiophene rings is 1. The number of aryl methyl sites for hydroxylation is 1. The van der Waals surface area contributed by atoms with E-state index < -0.39 is 5.60 Å². The zero-order valence-electron chi connectivity index (χ0n) is 8.21. The third kappa shape index (κ3) is 1.53. The highest BCUT2D eigenvalue weighted by Gasteiger charge is 2.37. The van der Waals surface area contributed by atoms with Gasteiger partial charge in [0.15, 0.2) is 0 Å². The zero-order chi connectivity index (χ0) is 9.47. The number of hydrogen-bond acceptors (Lipinski definition) is 2. The Balaban J connectivity index is 2.30. The molecule has 13 heavy (non-hydrogen) atoms. The third-order valence-corrected chi connectivity index (χ3v) is 3.94. The topological polar surface area (TPSA) is 20.2 Å². The summed E-state index contributed by atoms with van der Waals surface area (Å²) in [5, 5.41) is 12.5. The van der Waals surface area contributed by atoms with Crippen molar-refractivity contribution in [2.45, 2.75) is 38.7 Å². The van der Waals surface area contributed by atoms with Crippen LogP contribution in [0.5, 0.6) is 0 Å². The van der Waals surface area contributed by atoms with E-state index in [-0.39, 0.29) is 0 Å². The second-order valence-electron chi connectivity index (χ2n) is 4.27. The van der Waals surface area contributed by atoms with E-state index in [9.17, 15) is 5.11 Å². The zero-order valence-corrected chi connectivity index (χ0v) is 9.03. The normalized spacial score (nSPS) is 33.9. The molecule has 72 valence electrons. The molecule has 1 aromatic rings. The molecule has 2 atom stereocenters. The van der Waals surface area contributed by atoms with Gasteiger partial charge in [0.05, 0.1) is 5.60 Å². The van der Waals surface area contributed by atoms with Crippen molar-refractivity contribution in [2.75, 3.05) is 0 Å². The van der Waals surface area contributed by atoms with Gasteiger partial charge >= 0.3 is 0 Å². The Morgan fingerprint density at radius 1 is 1.62 bits per heavy atom. The number of aliphatic hydroxyl groups is 1. The quantitative estimate of drug-likeness (QED) is 0.732. The van der Waals surface area contributed by atoms with Gasteiger partial charge in [-0.2, -0.15) is 0 Å². The summed E-state index contributed by atoms with van der Waals surface area (Å²) >= 11 is 1.73. The average molecular weight is 196 g/mol.